The molecule has 0 aliphatic carbocycles. The van der Waals surface area contributed by atoms with Gasteiger partial charge in [0.15, 0.2) is 5.78 Å². The summed E-state index contributed by atoms with van der Waals surface area (Å²) in [4.78, 5) is 47.9. The van der Waals surface area contributed by atoms with Gasteiger partial charge in [-0.25, -0.2) is 4.79 Å². The van der Waals surface area contributed by atoms with E-state index in [-0.39, 0.29) is 35.7 Å². The number of Topliss-reactive ketones (excluding diaryl/α,β-unsaturated/α-hetero) is 1. The summed E-state index contributed by atoms with van der Waals surface area (Å²) >= 11 is 0. The fraction of sp³-hybridized carbons (Fsp3) is 0.118. The van der Waals surface area contributed by atoms with Gasteiger partial charge in [-0.2, -0.15) is 0 Å². The van der Waals surface area contributed by atoms with Gasteiger partial charge in [-0.3, -0.25) is 19.7 Å². The first-order valence-electron chi connectivity index (χ1n) is 7.32. The fourth-order valence-electron chi connectivity index (χ4n) is 2.45. The van der Waals surface area contributed by atoms with Crippen LogP contribution in [-0.2, 0) is 4.79 Å². The van der Waals surface area contributed by atoms with Gasteiger partial charge in [-0.15, -0.1) is 0 Å². The summed E-state index contributed by atoms with van der Waals surface area (Å²) in [6, 6.07) is 11.3. The Balaban J connectivity index is 1.81. The second-order valence-corrected chi connectivity index (χ2v) is 5.36. The fourth-order valence-corrected chi connectivity index (χ4v) is 2.45. The van der Waals surface area contributed by atoms with Crippen molar-refractivity contribution in [3.63, 3.8) is 0 Å². The predicted molar refractivity (Wildman–Crippen MR) is 85.4 cm³/mol. The van der Waals surface area contributed by atoms with Crippen LogP contribution in [0, 0.1) is 10.1 Å². The number of carbonyl (C=O) groups is 3. The van der Waals surface area contributed by atoms with Gasteiger partial charge in [0.1, 0.15) is 12.3 Å². The van der Waals surface area contributed by atoms with Gasteiger partial charge in [0.2, 0.25) is 0 Å². The van der Waals surface area contributed by atoms with E-state index in [9.17, 15) is 24.5 Å². The van der Waals surface area contributed by atoms with Gasteiger partial charge in [-0.1, -0.05) is 12.1 Å². The Morgan fingerprint density at radius 1 is 1.12 bits per heavy atom. The molecule has 0 unspecified atom stereocenters. The Kier molecular flexibility index (Phi) is 4.25. The van der Waals surface area contributed by atoms with E-state index >= 15 is 0 Å². The third-order valence-electron chi connectivity index (χ3n) is 3.68. The number of benzene rings is 2. The third-order valence-corrected chi connectivity index (χ3v) is 3.68. The molecule has 3 rings (SSSR count). The van der Waals surface area contributed by atoms with Crippen molar-refractivity contribution in [2.75, 3.05) is 13.1 Å². The summed E-state index contributed by atoms with van der Waals surface area (Å²) in [5.74, 6) is -1.41. The molecule has 0 atom stereocenters. The lowest BCUT2D eigenvalue weighted by Gasteiger charge is -2.18. The van der Waals surface area contributed by atoms with Gasteiger partial charge in [0, 0.05) is 17.7 Å². The number of para-hydroxylation sites is 1. The second kappa shape index (κ2) is 6.52. The summed E-state index contributed by atoms with van der Waals surface area (Å²) < 4.78 is 5.10. The highest BCUT2D eigenvalue weighted by atomic mass is 16.6. The number of nitro groups is 1. The Bertz CT molecular complexity index is 875. The molecule has 0 saturated carbocycles. The molecular formula is C17H12N2O6. The van der Waals surface area contributed by atoms with Crippen molar-refractivity contribution in [2.24, 2.45) is 0 Å². The van der Waals surface area contributed by atoms with Crippen LogP contribution in [0.2, 0.25) is 0 Å². The molecule has 0 fully saturated rings. The van der Waals surface area contributed by atoms with E-state index in [0.29, 0.717) is 0 Å². The number of carbonyl (C=O) groups excluding carboxylic acids is 3. The average molecular weight is 340 g/mol. The Labute approximate surface area is 141 Å². The summed E-state index contributed by atoms with van der Waals surface area (Å²) in [5, 5.41) is 10.6. The van der Waals surface area contributed by atoms with E-state index in [2.05, 4.69) is 0 Å². The molecule has 0 radical (unpaired) electrons. The molecule has 1 aliphatic heterocycles. The predicted octanol–water partition coefficient (Wildman–Crippen LogP) is 1.84. The lowest BCUT2D eigenvalue weighted by atomic mass is 10.1. The Hall–Kier alpha value is -3.55. The van der Waals surface area contributed by atoms with Gasteiger partial charge >= 0.3 is 5.97 Å². The lowest BCUT2D eigenvalue weighted by molar-refractivity contribution is -0.384. The number of hydrogen-bond acceptors (Lipinski definition) is 6. The van der Waals surface area contributed by atoms with Crippen molar-refractivity contribution in [3.05, 3.63) is 69.8 Å². The lowest BCUT2D eigenvalue weighted by Crippen LogP contribution is -2.38. The third kappa shape index (κ3) is 3.37. The highest BCUT2D eigenvalue weighted by Gasteiger charge is 2.29. The van der Waals surface area contributed by atoms with Crippen LogP contribution in [0.15, 0.2) is 48.5 Å². The normalized spacial score (nSPS) is 13.7. The SMILES string of the molecule is O=C1CN(CC(=O)c2ccc([N+](=O)[O-])cc2)C(=O)c2ccccc2O1. The Morgan fingerprint density at radius 2 is 1.80 bits per heavy atom. The smallest absolute Gasteiger partial charge is 0.331 e. The van der Waals surface area contributed by atoms with Crippen LogP contribution in [0.4, 0.5) is 5.69 Å². The number of hydrogen-bond donors (Lipinski definition) is 0. The summed E-state index contributed by atoms with van der Waals surface area (Å²) in [5.41, 5.74) is 0.272. The number of ketones is 1. The monoisotopic (exact) mass is 340 g/mol. The van der Waals surface area contributed by atoms with Gasteiger partial charge in [0.25, 0.3) is 11.6 Å². The molecule has 0 saturated heterocycles. The van der Waals surface area contributed by atoms with Crippen molar-refractivity contribution >= 4 is 23.3 Å². The maximum absolute atomic E-state index is 12.5. The van der Waals surface area contributed by atoms with Crippen LogP contribution in [-0.4, -0.2) is 40.6 Å². The molecule has 0 N–H and O–H groups in total. The topological polar surface area (TPSA) is 107 Å². The van der Waals surface area contributed by atoms with Crippen LogP contribution in [0.25, 0.3) is 0 Å². The molecule has 1 heterocycles. The van der Waals surface area contributed by atoms with Crippen molar-refractivity contribution in [1.82, 2.24) is 4.90 Å². The summed E-state index contributed by atoms with van der Waals surface area (Å²) in [7, 11) is 0. The van der Waals surface area contributed by atoms with Crippen LogP contribution < -0.4 is 4.74 Å². The summed E-state index contributed by atoms with van der Waals surface area (Å²) in [6.45, 7) is -0.688. The minimum Gasteiger partial charge on any atom is -0.424 e. The summed E-state index contributed by atoms with van der Waals surface area (Å²) in [6.07, 6.45) is 0. The van der Waals surface area contributed by atoms with Crippen LogP contribution in [0.5, 0.6) is 5.75 Å². The van der Waals surface area contributed by atoms with Crippen LogP contribution >= 0.6 is 0 Å². The second-order valence-electron chi connectivity index (χ2n) is 5.36. The molecule has 2 aromatic rings. The molecule has 1 aliphatic rings. The van der Waals surface area contributed by atoms with Crippen molar-refractivity contribution in [3.8, 4) is 5.75 Å². The van der Waals surface area contributed by atoms with Gasteiger partial charge in [-0.05, 0) is 24.3 Å². The first-order valence-corrected chi connectivity index (χ1v) is 7.32. The van der Waals surface area contributed by atoms with E-state index in [1.54, 1.807) is 12.1 Å². The standard InChI is InChI=1S/C17H12N2O6/c20-14(11-5-7-12(8-6-11)19(23)24)9-18-10-16(21)25-15-4-2-1-3-13(15)17(18)22/h1-8H,9-10H2. The van der Waals surface area contributed by atoms with E-state index in [0.717, 1.165) is 4.90 Å². The highest BCUT2D eigenvalue weighted by Crippen LogP contribution is 2.23. The van der Waals surface area contributed by atoms with E-state index < -0.39 is 22.6 Å². The van der Waals surface area contributed by atoms with E-state index in [4.69, 9.17) is 4.74 Å². The molecule has 126 valence electrons. The molecule has 0 spiro atoms. The molecule has 8 heteroatoms. The number of non-ortho nitro benzene ring substituents is 1. The van der Waals surface area contributed by atoms with E-state index in [1.165, 1.54) is 36.4 Å². The largest absolute Gasteiger partial charge is 0.424 e. The maximum Gasteiger partial charge on any atom is 0.331 e. The average Bonchev–Trinajstić information content (AvgIpc) is 2.72. The zero-order valence-electron chi connectivity index (χ0n) is 12.9. The molecule has 0 aromatic heterocycles. The van der Waals surface area contributed by atoms with Crippen molar-refractivity contribution in [2.45, 2.75) is 0 Å². The van der Waals surface area contributed by atoms with Gasteiger partial charge in [0.05, 0.1) is 17.0 Å². The first kappa shape index (κ1) is 16.3. The van der Waals surface area contributed by atoms with Crippen LogP contribution in [0.1, 0.15) is 20.7 Å². The van der Waals surface area contributed by atoms with Crippen molar-refractivity contribution in [1.29, 1.82) is 0 Å². The molecule has 25 heavy (non-hydrogen) atoms. The molecule has 2 aromatic carbocycles. The van der Waals surface area contributed by atoms with E-state index in [1.807, 2.05) is 0 Å². The number of amides is 1. The quantitative estimate of drug-likeness (QED) is 0.276. The minimum atomic E-state index is -0.644. The minimum absolute atomic E-state index is 0.139. The number of esters is 1. The molecular weight excluding hydrogens is 328 g/mol. The Morgan fingerprint density at radius 3 is 2.48 bits per heavy atom. The number of nitro benzene ring substituents is 1. The number of rotatable bonds is 4. The van der Waals surface area contributed by atoms with Gasteiger partial charge < -0.3 is 9.64 Å². The van der Waals surface area contributed by atoms with Crippen LogP contribution in [0.3, 0.4) is 0 Å². The first-order chi connectivity index (χ1) is 12.0. The maximum atomic E-state index is 12.5. The number of fused-ring (bicyclic) bond motifs is 1. The zero-order chi connectivity index (χ0) is 18.0. The number of nitrogens with zero attached hydrogens (tertiary/aromatic N) is 2. The number of ether oxygens (including phenoxy) is 1. The highest BCUT2D eigenvalue weighted by molar-refractivity contribution is 6.05. The van der Waals surface area contributed by atoms with Crippen molar-refractivity contribution < 1.29 is 24.0 Å². The molecule has 0 bridgehead atoms. The molecule has 1 amide bonds. The zero-order valence-corrected chi connectivity index (χ0v) is 12.9. The molecule has 8 nitrogen and oxygen atoms in total.